The number of carbonyl (C=O) groups excluding carboxylic acids is 2. The van der Waals surface area contributed by atoms with Gasteiger partial charge in [0.25, 0.3) is 0 Å². The standard InChI is InChI=1S/C21H26O4/c1-4-12-8-11(3)9-13(5-2)15(12)17-19(23)16-14-6-7-21(10-22,25-14)18(16)20(17)24/h8-9,14,16-18,22H,4-7,10H2,1-3H3/t14-,16-,17?,18+,21-/m0/s1. The Morgan fingerprint density at radius 2 is 1.80 bits per heavy atom. The van der Waals surface area contributed by atoms with Crippen LogP contribution in [0.3, 0.4) is 0 Å². The Labute approximate surface area is 148 Å². The normalized spacial score (nSPS) is 36.3. The van der Waals surface area contributed by atoms with Crippen LogP contribution in [0.1, 0.15) is 54.9 Å². The van der Waals surface area contributed by atoms with Crippen LogP contribution in [0.15, 0.2) is 12.1 Å². The molecule has 2 saturated heterocycles. The van der Waals surface area contributed by atoms with Gasteiger partial charge in [0.1, 0.15) is 11.5 Å². The molecule has 1 unspecified atom stereocenters. The second-order valence-corrected chi connectivity index (χ2v) is 7.86. The number of aliphatic hydroxyl groups is 1. The van der Waals surface area contributed by atoms with Gasteiger partial charge in [0.2, 0.25) is 0 Å². The van der Waals surface area contributed by atoms with Gasteiger partial charge in [-0.15, -0.1) is 0 Å². The maximum absolute atomic E-state index is 13.4. The summed E-state index contributed by atoms with van der Waals surface area (Å²) in [5.41, 5.74) is 3.50. The molecule has 2 bridgehead atoms. The van der Waals surface area contributed by atoms with Crippen molar-refractivity contribution in [2.75, 3.05) is 6.61 Å². The highest BCUT2D eigenvalue weighted by Crippen LogP contribution is 2.58. The van der Waals surface area contributed by atoms with Crippen molar-refractivity contribution in [1.29, 1.82) is 0 Å². The molecule has 5 atom stereocenters. The van der Waals surface area contributed by atoms with Gasteiger partial charge in [-0.2, -0.15) is 0 Å². The third kappa shape index (κ3) is 2.13. The second-order valence-electron chi connectivity index (χ2n) is 7.86. The topological polar surface area (TPSA) is 63.6 Å². The summed E-state index contributed by atoms with van der Waals surface area (Å²) >= 11 is 0. The van der Waals surface area contributed by atoms with Gasteiger partial charge in [-0.3, -0.25) is 9.59 Å². The number of hydrogen-bond acceptors (Lipinski definition) is 4. The summed E-state index contributed by atoms with van der Waals surface area (Å²) in [6, 6.07) is 4.21. The molecule has 0 radical (unpaired) electrons. The van der Waals surface area contributed by atoms with E-state index in [9.17, 15) is 14.7 Å². The zero-order valence-corrected chi connectivity index (χ0v) is 15.2. The monoisotopic (exact) mass is 342 g/mol. The Hall–Kier alpha value is -1.52. The molecule has 4 heteroatoms. The first-order chi connectivity index (χ1) is 12.0. The van der Waals surface area contributed by atoms with Gasteiger partial charge in [-0.1, -0.05) is 31.5 Å². The van der Waals surface area contributed by atoms with Gasteiger partial charge in [-0.25, -0.2) is 0 Å². The summed E-state index contributed by atoms with van der Waals surface area (Å²) in [5.74, 6) is -1.52. The molecule has 25 heavy (non-hydrogen) atoms. The van der Waals surface area contributed by atoms with Crippen LogP contribution in [0, 0.1) is 18.8 Å². The van der Waals surface area contributed by atoms with Crippen molar-refractivity contribution < 1.29 is 19.4 Å². The first-order valence-electron chi connectivity index (χ1n) is 9.45. The number of ether oxygens (including phenoxy) is 1. The number of hydrogen-bond donors (Lipinski definition) is 1. The number of aliphatic hydroxyl groups excluding tert-OH is 1. The molecule has 1 saturated carbocycles. The van der Waals surface area contributed by atoms with Gasteiger partial charge in [-0.05, 0) is 49.3 Å². The lowest BCUT2D eigenvalue weighted by atomic mass is 9.73. The Kier molecular flexibility index (Phi) is 3.89. The molecule has 3 fully saturated rings. The first-order valence-corrected chi connectivity index (χ1v) is 9.45. The van der Waals surface area contributed by atoms with Crippen molar-refractivity contribution in [1.82, 2.24) is 0 Å². The number of carbonyl (C=O) groups is 2. The van der Waals surface area contributed by atoms with Crippen molar-refractivity contribution in [2.45, 2.75) is 64.1 Å². The van der Waals surface area contributed by atoms with E-state index in [4.69, 9.17) is 4.74 Å². The maximum Gasteiger partial charge on any atom is 0.154 e. The predicted molar refractivity (Wildman–Crippen MR) is 93.6 cm³/mol. The van der Waals surface area contributed by atoms with Crippen molar-refractivity contribution in [3.05, 3.63) is 34.4 Å². The van der Waals surface area contributed by atoms with Crippen molar-refractivity contribution >= 4 is 11.6 Å². The van der Waals surface area contributed by atoms with Gasteiger partial charge in [0.05, 0.1) is 24.5 Å². The lowest BCUT2D eigenvalue weighted by molar-refractivity contribution is -0.132. The van der Waals surface area contributed by atoms with Crippen LogP contribution in [-0.4, -0.2) is 35.0 Å². The minimum absolute atomic E-state index is 0.0169. The van der Waals surface area contributed by atoms with E-state index >= 15 is 0 Å². The smallest absolute Gasteiger partial charge is 0.154 e. The minimum atomic E-state index is -0.819. The summed E-state index contributed by atoms with van der Waals surface area (Å²) in [4.78, 5) is 26.6. The lowest BCUT2D eigenvalue weighted by Gasteiger charge is -2.29. The predicted octanol–water partition coefficient (Wildman–Crippen LogP) is 2.51. The van der Waals surface area contributed by atoms with Crippen LogP contribution in [0.25, 0.3) is 0 Å². The fourth-order valence-corrected chi connectivity index (χ4v) is 5.53. The Bertz CT molecular complexity index is 727. The van der Waals surface area contributed by atoms with Crippen molar-refractivity contribution in [3.8, 4) is 0 Å². The number of rotatable bonds is 4. The number of benzene rings is 1. The zero-order valence-electron chi connectivity index (χ0n) is 15.2. The summed E-state index contributed by atoms with van der Waals surface area (Å²) in [6.07, 6.45) is 2.86. The fourth-order valence-electron chi connectivity index (χ4n) is 5.53. The number of aryl methyl sites for hydroxylation is 3. The molecular weight excluding hydrogens is 316 g/mol. The van der Waals surface area contributed by atoms with Gasteiger partial charge < -0.3 is 9.84 Å². The Morgan fingerprint density at radius 3 is 2.36 bits per heavy atom. The van der Waals surface area contributed by atoms with Gasteiger partial charge in [0, 0.05) is 0 Å². The molecule has 1 aliphatic carbocycles. The van der Waals surface area contributed by atoms with Crippen LogP contribution in [0.2, 0.25) is 0 Å². The quantitative estimate of drug-likeness (QED) is 0.854. The summed E-state index contributed by atoms with van der Waals surface area (Å²) in [7, 11) is 0. The zero-order chi connectivity index (χ0) is 17.9. The molecule has 0 aromatic heterocycles. The van der Waals surface area contributed by atoms with Gasteiger partial charge in [0.15, 0.2) is 11.6 Å². The third-order valence-electron chi connectivity index (χ3n) is 6.58. The highest BCUT2D eigenvalue weighted by atomic mass is 16.5. The molecule has 2 heterocycles. The molecule has 4 rings (SSSR count). The molecule has 0 spiro atoms. The highest BCUT2D eigenvalue weighted by molar-refractivity contribution is 6.17. The van der Waals surface area contributed by atoms with Crippen LogP contribution in [-0.2, 0) is 27.2 Å². The Balaban J connectivity index is 1.84. The minimum Gasteiger partial charge on any atom is -0.393 e. The van der Waals surface area contributed by atoms with E-state index in [-0.39, 0.29) is 30.2 Å². The van der Waals surface area contributed by atoms with Crippen LogP contribution in [0.4, 0.5) is 0 Å². The summed E-state index contributed by atoms with van der Waals surface area (Å²) < 4.78 is 5.94. The second kappa shape index (κ2) is 5.75. The van der Waals surface area contributed by atoms with E-state index in [1.165, 1.54) is 5.56 Å². The molecule has 1 aromatic carbocycles. The van der Waals surface area contributed by atoms with E-state index in [0.717, 1.165) is 36.0 Å². The van der Waals surface area contributed by atoms with E-state index in [1.807, 2.05) is 0 Å². The molecule has 1 aromatic rings. The largest absolute Gasteiger partial charge is 0.393 e. The maximum atomic E-state index is 13.4. The van der Waals surface area contributed by atoms with Gasteiger partial charge >= 0.3 is 0 Å². The SMILES string of the molecule is CCc1cc(C)cc(CC)c1C1C(=O)[C@H]2[C@@H]3CC[C@@](CO)(O3)[C@H]2C1=O. The van der Waals surface area contributed by atoms with E-state index in [0.29, 0.717) is 6.42 Å². The fraction of sp³-hybridized carbons (Fsp3) is 0.619. The molecule has 134 valence electrons. The molecule has 2 aliphatic heterocycles. The van der Waals surface area contributed by atoms with Crippen LogP contribution < -0.4 is 0 Å². The number of ketones is 2. The first kappa shape index (κ1) is 16.9. The lowest BCUT2D eigenvalue weighted by Crippen LogP contribution is -2.43. The number of fused-ring (bicyclic) bond motifs is 5. The average Bonchev–Trinajstić information content (AvgIpc) is 3.25. The molecule has 1 N–H and O–H groups in total. The summed E-state index contributed by atoms with van der Waals surface area (Å²) in [5, 5.41) is 9.90. The van der Waals surface area contributed by atoms with E-state index < -0.39 is 17.4 Å². The number of Topliss-reactive ketones (excluding diaryl/α,β-unsaturated/α-hetero) is 2. The molecule has 4 nitrogen and oxygen atoms in total. The van der Waals surface area contributed by atoms with E-state index in [1.54, 1.807) is 0 Å². The average molecular weight is 342 g/mol. The van der Waals surface area contributed by atoms with Crippen molar-refractivity contribution in [3.63, 3.8) is 0 Å². The third-order valence-corrected chi connectivity index (χ3v) is 6.58. The van der Waals surface area contributed by atoms with Crippen LogP contribution in [0.5, 0.6) is 0 Å². The summed E-state index contributed by atoms with van der Waals surface area (Å²) in [6.45, 7) is 6.03. The van der Waals surface area contributed by atoms with Crippen molar-refractivity contribution in [2.24, 2.45) is 11.8 Å². The molecular formula is C21H26O4. The highest BCUT2D eigenvalue weighted by Gasteiger charge is 2.69. The molecule has 0 amide bonds. The Morgan fingerprint density at radius 1 is 1.16 bits per heavy atom. The van der Waals surface area contributed by atoms with E-state index in [2.05, 4.69) is 32.9 Å². The molecule has 3 aliphatic rings. The van der Waals surface area contributed by atoms with Crippen LogP contribution >= 0.6 is 0 Å².